The van der Waals surface area contributed by atoms with Gasteiger partial charge in [0, 0.05) is 22.3 Å². The Hall–Kier alpha value is -5.38. The molecule has 1 aliphatic heterocycles. The molecule has 0 atom stereocenters. The van der Waals surface area contributed by atoms with Crippen molar-refractivity contribution in [3.05, 3.63) is 163 Å². The molecule has 0 bridgehead atoms. The van der Waals surface area contributed by atoms with E-state index in [4.69, 9.17) is 0 Å². The van der Waals surface area contributed by atoms with Gasteiger partial charge in [0.25, 0.3) is 0 Å². The van der Waals surface area contributed by atoms with E-state index in [2.05, 4.69) is 194 Å². The van der Waals surface area contributed by atoms with Gasteiger partial charge in [-0.1, -0.05) is 190 Å². The average molecular weight is 1100 g/mol. The van der Waals surface area contributed by atoms with Crippen molar-refractivity contribution in [3.63, 3.8) is 0 Å². The summed E-state index contributed by atoms with van der Waals surface area (Å²) in [5.41, 5.74) is 6.80. The fourth-order valence-corrected chi connectivity index (χ4v) is 11.1. The zero-order valence-electron chi connectivity index (χ0n) is 53.8. The van der Waals surface area contributed by atoms with Crippen LogP contribution in [0.1, 0.15) is 233 Å². The molecular formula is C70H100F4N6+2. The number of imidazole rings is 2. The van der Waals surface area contributed by atoms with Crippen molar-refractivity contribution in [3.8, 4) is 0 Å². The van der Waals surface area contributed by atoms with Gasteiger partial charge < -0.3 is 0 Å². The number of hydrogen-bond acceptors (Lipinski definition) is 2. The molecule has 1 saturated heterocycles. The van der Waals surface area contributed by atoms with E-state index in [1.54, 1.807) is 0 Å². The summed E-state index contributed by atoms with van der Waals surface area (Å²) in [7, 11) is 0. The van der Waals surface area contributed by atoms with Crippen molar-refractivity contribution in [1.82, 2.24) is 9.13 Å². The summed E-state index contributed by atoms with van der Waals surface area (Å²) in [5.74, 6) is 0.894. The Morgan fingerprint density at radius 3 is 0.775 bits per heavy atom. The van der Waals surface area contributed by atoms with Crippen LogP contribution >= 0.6 is 0 Å². The summed E-state index contributed by atoms with van der Waals surface area (Å²) in [6, 6.07) is 16.3. The molecule has 4 aromatic carbocycles. The van der Waals surface area contributed by atoms with Crippen LogP contribution in [-0.2, 0) is 69.5 Å². The molecule has 80 heavy (non-hydrogen) atoms. The van der Waals surface area contributed by atoms with Crippen molar-refractivity contribution in [2.75, 3.05) is 36.0 Å². The highest BCUT2D eigenvalue weighted by atomic mass is 19.1. The van der Waals surface area contributed by atoms with Crippen LogP contribution in [0, 0.1) is 23.3 Å². The lowest BCUT2D eigenvalue weighted by atomic mass is 9.79. The minimum absolute atomic E-state index is 0.205. The Labute approximate surface area is 480 Å². The van der Waals surface area contributed by atoms with Gasteiger partial charge in [-0.25, -0.2) is 35.8 Å². The third kappa shape index (κ3) is 13.4. The molecule has 0 N–H and O–H groups in total. The largest absolute Gasteiger partial charge is 0.360 e. The monoisotopic (exact) mass is 1100 g/mol. The second-order valence-electron chi connectivity index (χ2n) is 31.7. The predicted molar refractivity (Wildman–Crippen MR) is 325 cm³/mol. The predicted octanol–water partition coefficient (Wildman–Crippen LogP) is 16.3. The molecule has 0 saturated carbocycles. The lowest BCUT2D eigenvalue weighted by Gasteiger charge is -2.31. The third-order valence-corrected chi connectivity index (χ3v) is 16.4. The fourth-order valence-electron chi connectivity index (χ4n) is 11.1. The summed E-state index contributed by atoms with van der Waals surface area (Å²) in [4.78, 5) is 4.70. The van der Waals surface area contributed by atoms with Gasteiger partial charge in [-0.15, -0.1) is 0 Å². The van der Waals surface area contributed by atoms with Crippen LogP contribution in [0.4, 0.5) is 29.5 Å². The Balaban J connectivity index is 1.38. The number of rotatable bonds is 10. The Kier molecular flexibility index (Phi) is 16.7. The summed E-state index contributed by atoms with van der Waals surface area (Å²) in [6.45, 7) is 54.1. The van der Waals surface area contributed by atoms with E-state index in [9.17, 15) is 0 Å². The summed E-state index contributed by atoms with van der Waals surface area (Å²) >= 11 is 0. The maximum atomic E-state index is 17.1. The van der Waals surface area contributed by atoms with Crippen LogP contribution in [0.3, 0.4) is 0 Å². The number of nitrogens with zero attached hydrogens (tertiary/aromatic N) is 6. The number of hydrogen-bond donors (Lipinski definition) is 0. The molecule has 436 valence electrons. The molecule has 6 nitrogen and oxygen atoms in total. The first-order valence-corrected chi connectivity index (χ1v) is 29.4. The van der Waals surface area contributed by atoms with E-state index in [0.717, 1.165) is 34.2 Å². The maximum absolute atomic E-state index is 17.1. The molecule has 1 fully saturated rings. The molecule has 0 unspecified atom stereocenters. The standard InChI is InChI=1S/C70H100F4N6/c1-63(2,3)49-33-45(57(71)53(37-49)67(13,14)15)41-77-29-30-78(42-46-34-50(64(4,5)6)38-54(58(46)72)68(16,17)18)61(77)75-25-27-76(28-26-75)62-79(43-47-35-51(65(7,8)9)39-55(59(47)73)69(19,20)21)31-32-80(62)44-48-36-52(66(10,11)12)40-56(60(48)74)70(22,23)24/h29-40H,25-28,41-44H2,1-24H3/q+2. The van der Waals surface area contributed by atoms with Crippen LogP contribution < -0.4 is 18.9 Å². The highest BCUT2D eigenvalue weighted by molar-refractivity contribution is 5.45. The Morgan fingerprint density at radius 2 is 0.550 bits per heavy atom. The summed E-state index contributed by atoms with van der Waals surface area (Å²) in [6.07, 6.45) is 8.09. The Bertz CT molecular complexity index is 2810. The van der Waals surface area contributed by atoms with Crippen molar-refractivity contribution in [2.24, 2.45) is 0 Å². The fraction of sp³-hybridized carbons (Fsp3) is 0.571. The quantitative estimate of drug-likeness (QED) is 0.101. The number of piperazine rings is 1. The van der Waals surface area contributed by atoms with E-state index in [0.29, 0.717) is 70.7 Å². The topological polar surface area (TPSA) is 24.1 Å². The number of benzene rings is 4. The van der Waals surface area contributed by atoms with Crippen LogP contribution in [0.5, 0.6) is 0 Å². The molecule has 0 amide bonds. The van der Waals surface area contributed by atoms with E-state index in [-0.39, 0.29) is 71.1 Å². The molecule has 1 aliphatic rings. The molecule has 3 heterocycles. The zero-order valence-corrected chi connectivity index (χ0v) is 53.8. The van der Waals surface area contributed by atoms with Gasteiger partial charge in [-0.05, 0) is 112 Å². The highest BCUT2D eigenvalue weighted by Gasteiger charge is 2.38. The number of halogens is 4. The van der Waals surface area contributed by atoms with Crippen molar-refractivity contribution in [1.29, 1.82) is 0 Å². The molecule has 10 heteroatoms. The average Bonchev–Trinajstić information content (AvgIpc) is 3.88. The molecule has 0 radical (unpaired) electrons. The SMILES string of the molecule is CC(C)(C)c1cc(Cn2cc[n+](Cc3cc(C(C)(C)C)cc(C(C)(C)C)c3F)c2N2CCN(c3n(Cc4cc(C(C)(C)C)cc(C(C)(C)C)c4F)cc[n+]3Cc3cc(C(C)(C)C)cc(C(C)(C)C)c3F)CC2)c(F)c(C(C)(C)C)c1. The molecule has 0 aliphatic carbocycles. The molecular weight excluding hydrogens is 1000 g/mol. The maximum Gasteiger partial charge on any atom is 0.360 e. The van der Waals surface area contributed by atoms with Crippen LogP contribution in [0.2, 0.25) is 0 Å². The summed E-state index contributed by atoms with van der Waals surface area (Å²) < 4.78 is 77.1. The Morgan fingerprint density at radius 1 is 0.325 bits per heavy atom. The van der Waals surface area contributed by atoms with E-state index in [1.807, 2.05) is 73.3 Å². The van der Waals surface area contributed by atoms with Crippen molar-refractivity contribution < 1.29 is 26.7 Å². The van der Waals surface area contributed by atoms with Gasteiger partial charge in [-0.2, -0.15) is 0 Å². The van der Waals surface area contributed by atoms with Gasteiger partial charge in [0.2, 0.25) is 0 Å². The zero-order chi connectivity index (χ0) is 60.0. The lowest BCUT2D eigenvalue weighted by Crippen LogP contribution is -2.55. The van der Waals surface area contributed by atoms with Crippen molar-refractivity contribution in [2.45, 2.75) is 236 Å². The second kappa shape index (κ2) is 21.4. The first-order valence-electron chi connectivity index (χ1n) is 29.4. The van der Waals surface area contributed by atoms with Gasteiger partial charge in [-0.3, -0.25) is 9.80 Å². The minimum atomic E-state index is -0.434. The van der Waals surface area contributed by atoms with E-state index in [1.165, 1.54) is 0 Å². The van der Waals surface area contributed by atoms with Gasteiger partial charge in [0.1, 0.15) is 23.3 Å². The third-order valence-electron chi connectivity index (χ3n) is 16.4. The van der Waals surface area contributed by atoms with Crippen molar-refractivity contribution >= 4 is 11.9 Å². The molecule has 7 rings (SSSR count). The molecule has 0 spiro atoms. The van der Waals surface area contributed by atoms with Gasteiger partial charge in [0.05, 0.1) is 77.1 Å². The first kappa shape index (κ1) is 62.2. The number of anilines is 2. The first-order chi connectivity index (χ1) is 36.3. The van der Waals surface area contributed by atoms with Crippen LogP contribution in [0.25, 0.3) is 0 Å². The molecule has 6 aromatic rings. The summed E-state index contributed by atoms with van der Waals surface area (Å²) in [5, 5.41) is 0. The highest BCUT2D eigenvalue weighted by Crippen LogP contribution is 2.39. The second-order valence-corrected chi connectivity index (χ2v) is 31.7. The van der Waals surface area contributed by atoms with Gasteiger partial charge >= 0.3 is 11.9 Å². The van der Waals surface area contributed by atoms with Crippen LogP contribution in [-0.4, -0.2) is 35.3 Å². The normalized spacial score (nSPS) is 14.7. The lowest BCUT2D eigenvalue weighted by molar-refractivity contribution is -0.676. The molecule has 2 aromatic heterocycles. The van der Waals surface area contributed by atoms with Crippen LogP contribution in [0.15, 0.2) is 73.3 Å². The van der Waals surface area contributed by atoms with E-state index < -0.39 is 21.7 Å². The minimum Gasteiger partial charge on any atom is -0.258 e. The van der Waals surface area contributed by atoms with E-state index >= 15 is 17.6 Å². The number of aromatic nitrogens is 4. The van der Waals surface area contributed by atoms with Gasteiger partial charge in [0.15, 0.2) is 0 Å². The smallest absolute Gasteiger partial charge is 0.258 e.